The fourth-order valence-electron chi connectivity index (χ4n) is 2.12. The number of carbonyl (C=O) groups is 1. The molecule has 1 spiro atoms. The van der Waals surface area contributed by atoms with Crippen molar-refractivity contribution >= 4 is 6.09 Å². The second kappa shape index (κ2) is 3.89. The van der Waals surface area contributed by atoms with Gasteiger partial charge in [0.05, 0.1) is 13.3 Å². The predicted octanol–water partition coefficient (Wildman–Crippen LogP) is 0.943. The molecule has 1 N–H and O–H groups in total. The minimum absolute atomic E-state index is 0.170. The molecule has 2 heterocycles. The van der Waals surface area contributed by atoms with Crippen molar-refractivity contribution in [2.24, 2.45) is 0 Å². The maximum absolute atomic E-state index is 11.8. The molecule has 92 valence electrons. The van der Waals surface area contributed by atoms with Gasteiger partial charge in [-0.15, -0.1) is 0 Å². The molecule has 5 heteroatoms. The van der Waals surface area contributed by atoms with Gasteiger partial charge in [-0.2, -0.15) is 0 Å². The molecule has 1 unspecified atom stereocenters. The lowest BCUT2D eigenvalue weighted by atomic mass is 10.0. The van der Waals surface area contributed by atoms with Crippen LogP contribution >= 0.6 is 0 Å². The number of carbonyl (C=O) groups excluding carboxylic acids is 1. The Morgan fingerprint density at radius 1 is 1.50 bits per heavy atom. The summed E-state index contributed by atoms with van der Waals surface area (Å²) in [5.74, 6) is 0. The van der Waals surface area contributed by atoms with E-state index in [0.29, 0.717) is 13.3 Å². The maximum atomic E-state index is 11.8. The average Bonchev–Trinajstić information content (AvgIpc) is 2.74. The summed E-state index contributed by atoms with van der Waals surface area (Å²) >= 11 is 0. The summed E-state index contributed by atoms with van der Waals surface area (Å²) in [5.41, 5.74) is -0.599. The molecule has 0 bridgehead atoms. The molecule has 5 nitrogen and oxygen atoms in total. The van der Waals surface area contributed by atoms with E-state index in [1.807, 2.05) is 20.8 Å². The zero-order valence-corrected chi connectivity index (χ0v) is 10.2. The van der Waals surface area contributed by atoms with Crippen LogP contribution in [0.3, 0.4) is 0 Å². The Hall–Kier alpha value is -0.810. The first-order valence-corrected chi connectivity index (χ1v) is 5.73. The van der Waals surface area contributed by atoms with Crippen LogP contribution in [0.1, 0.15) is 27.2 Å². The van der Waals surface area contributed by atoms with Gasteiger partial charge in [-0.05, 0) is 27.2 Å². The second-order valence-corrected chi connectivity index (χ2v) is 5.55. The molecular weight excluding hydrogens is 208 g/mol. The Labute approximate surface area is 96.1 Å². The highest BCUT2D eigenvalue weighted by atomic mass is 16.6. The predicted molar refractivity (Wildman–Crippen MR) is 59.1 cm³/mol. The maximum Gasteiger partial charge on any atom is 0.410 e. The van der Waals surface area contributed by atoms with Crippen molar-refractivity contribution in [2.45, 2.75) is 38.4 Å². The van der Waals surface area contributed by atoms with Gasteiger partial charge in [-0.25, -0.2) is 4.79 Å². The number of ether oxygens (including phenoxy) is 2. The standard InChI is InChI=1S/C11H20N2O3/c1-10(2,3)16-9(14)13-5-4-11(7-13)6-12-8-15-11/h12H,4-8H2,1-3H3. The van der Waals surface area contributed by atoms with Crippen molar-refractivity contribution in [1.29, 1.82) is 0 Å². The van der Waals surface area contributed by atoms with Crippen molar-refractivity contribution in [2.75, 3.05) is 26.4 Å². The van der Waals surface area contributed by atoms with Crippen LogP contribution in [0.4, 0.5) is 4.79 Å². The summed E-state index contributed by atoms with van der Waals surface area (Å²) < 4.78 is 11.0. The molecule has 2 rings (SSSR count). The summed E-state index contributed by atoms with van der Waals surface area (Å²) in [6, 6.07) is 0. The van der Waals surface area contributed by atoms with Crippen LogP contribution in [0.25, 0.3) is 0 Å². The second-order valence-electron chi connectivity index (χ2n) is 5.55. The Morgan fingerprint density at radius 3 is 2.81 bits per heavy atom. The number of amides is 1. The van der Waals surface area contributed by atoms with Crippen LogP contribution in [0.15, 0.2) is 0 Å². The number of hydrogen-bond acceptors (Lipinski definition) is 4. The minimum atomic E-state index is -0.429. The molecule has 0 aromatic rings. The molecule has 2 aliphatic rings. The van der Waals surface area contributed by atoms with Crippen molar-refractivity contribution in [3.63, 3.8) is 0 Å². The van der Waals surface area contributed by atoms with Crippen LogP contribution in [0, 0.1) is 0 Å². The van der Waals surface area contributed by atoms with Crippen LogP contribution in [-0.2, 0) is 9.47 Å². The summed E-state index contributed by atoms with van der Waals surface area (Å²) in [4.78, 5) is 13.6. The normalized spacial score (nSPS) is 30.1. The Bertz CT molecular complexity index is 279. The molecule has 16 heavy (non-hydrogen) atoms. The first kappa shape index (κ1) is 11.7. The number of nitrogens with zero attached hydrogens (tertiary/aromatic N) is 1. The highest BCUT2D eigenvalue weighted by molar-refractivity contribution is 5.68. The van der Waals surface area contributed by atoms with Gasteiger partial charge in [0.1, 0.15) is 11.2 Å². The van der Waals surface area contributed by atoms with E-state index < -0.39 is 5.60 Å². The van der Waals surface area contributed by atoms with Gasteiger partial charge in [-0.1, -0.05) is 0 Å². The SMILES string of the molecule is CC(C)(C)OC(=O)N1CCC2(CNCO2)C1. The lowest BCUT2D eigenvalue weighted by Gasteiger charge is -2.26. The number of likely N-dealkylation sites (tertiary alicyclic amines) is 1. The molecule has 2 fully saturated rings. The summed E-state index contributed by atoms with van der Waals surface area (Å²) in [6.45, 7) is 8.40. The Balaban J connectivity index is 1.91. The van der Waals surface area contributed by atoms with Crippen molar-refractivity contribution in [3.05, 3.63) is 0 Å². The van der Waals surface area contributed by atoms with Gasteiger partial charge < -0.3 is 14.4 Å². The lowest BCUT2D eigenvalue weighted by molar-refractivity contribution is 0.00478. The van der Waals surface area contributed by atoms with E-state index in [1.54, 1.807) is 4.90 Å². The molecule has 0 aromatic heterocycles. The van der Waals surface area contributed by atoms with E-state index in [-0.39, 0.29) is 11.7 Å². The van der Waals surface area contributed by atoms with Crippen LogP contribution < -0.4 is 5.32 Å². The summed E-state index contributed by atoms with van der Waals surface area (Å²) in [5, 5.41) is 3.16. The van der Waals surface area contributed by atoms with Crippen LogP contribution in [0.2, 0.25) is 0 Å². The molecule has 0 aliphatic carbocycles. The van der Waals surface area contributed by atoms with Crippen molar-refractivity contribution in [1.82, 2.24) is 10.2 Å². The molecule has 2 saturated heterocycles. The third-order valence-corrected chi connectivity index (χ3v) is 2.90. The van der Waals surface area contributed by atoms with E-state index in [9.17, 15) is 4.79 Å². The van der Waals surface area contributed by atoms with Crippen LogP contribution in [0.5, 0.6) is 0 Å². The molecule has 0 radical (unpaired) electrons. The van der Waals surface area contributed by atoms with Gasteiger partial charge in [-0.3, -0.25) is 5.32 Å². The zero-order valence-electron chi connectivity index (χ0n) is 10.2. The van der Waals surface area contributed by atoms with E-state index in [1.165, 1.54) is 0 Å². The van der Waals surface area contributed by atoms with Gasteiger partial charge in [0.15, 0.2) is 0 Å². The van der Waals surface area contributed by atoms with Gasteiger partial charge >= 0.3 is 6.09 Å². The van der Waals surface area contributed by atoms with Gasteiger partial charge in [0.25, 0.3) is 0 Å². The molecule has 0 saturated carbocycles. The largest absolute Gasteiger partial charge is 0.444 e. The Morgan fingerprint density at radius 2 is 2.25 bits per heavy atom. The first-order chi connectivity index (χ1) is 7.40. The van der Waals surface area contributed by atoms with Crippen LogP contribution in [-0.4, -0.2) is 48.6 Å². The molecule has 1 atom stereocenters. The molecule has 0 aromatic carbocycles. The monoisotopic (exact) mass is 228 g/mol. The van der Waals surface area contributed by atoms with E-state index in [0.717, 1.165) is 19.5 Å². The average molecular weight is 228 g/mol. The smallest absolute Gasteiger partial charge is 0.410 e. The van der Waals surface area contributed by atoms with Gasteiger partial charge in [0, 0.05) is 13.1 Å². The molecule has 1 amide bonds. The zero-order chi connectivity index (χ0) is 11.8. The quantitative estimate of drug-likeness (QED) is 0.670. The fraction of sp³-hybridized carbons (Fsp3) is 0.909. The highest BCUT2D eigenvalue weighted by Crippen LogP contribution is 2.28. The van der Waals surface area contributed by atoms with E-state index in [4.69, 9.17) is 9.47 Å². The molecule has 2 aliphatic heterocycles. The third-order valence-electron chi connectivity index (χ3n) is 2.90. The fourth-order valence-corrected chi connectivity index (χ4v) is 2.12. The van der Waals surface area contributed by atoms with Crippen molar-refractivity contribution in [3.8, 4) is 0 Å². The topological polar surface area (TPSA) is 50.8 Å². The Kier molecular flexibility index (Phi) is 2.84. The first-order valence-electron chi connectivity index (χ1n) is 5.73. The third kappa shape index (κ3) is 2.47. The highest BCUT2D eigenvalue weighted by Gasteiger charge is 2.44. The molecular formula is C11H20N2O3. The lowest BCUT2D eigenvalue weighted by Crippen LogP contribution is -2.40. The minimum Gasteiger partial charge on any atom is -0.444 e. The van der Waals surface area contributed by atoms with E-state index in [2.05, 4.69) is 5.32 Å². The number of hydrogen-bond donors (Lipinski definition) is 1. The van der Waals surface area contributed by atoms with Gasteiger partial charge in [0.2, 0.25) is 0 Å². The summed E-state index contributed by atoms with van der Waals surface area (Å²) in [7, 11) is 0. The number of rotatable bonds is 0. The van der Waals surface area contributed by atoms with E-state index >= 15 is 0 Å². The van der Waals surface area contributed by atoms with Crippen molar-refractivity contribution < 1.29 is 14.3 Å². The summed E-state index contributed by atoms with van der Waals surface area (Å²) in [6.07, 6.45) is 0.652. The number of nitrogens with one attached hydrogen (secondary N) is 1.